The number of methoxy groups -OCH3 is 1. The zero-order chi connectivity index (χ0) is 24.8. The van der Waals surface area contributed by atoms with Gasteiger partial charge in [0.25, 0.3) is 0 Å². The van der Waals surface area contributed by atoms with Crippen LogP contribution in [0.5, 0.6) is 0 Å². The Morgan fingerprint density at radius 3 is 2.68 bits per heavy atom. The molecule has 1 saturated heterocycles. The Hall–Kier alpha value is -3.86. The van der Waals surface area contributed by atoms with E-state index in [1.54, 1.807) is 7.11 Å². The fourth-order valence-electron chi connectivity index (χ4n) is 5.16. The number of hydrogen-bond donors (Lipinski definition) is 2. The Morgan fingerprint density at radius 1 is 1.11 bits per heavy atom. The van der Waals surface area contributed by atoms with Gasteiger partial charge in [-0.3, -0.25) is 4.90 Å². The van der Waals surface area contributed by atoms with Crippen molar-refractivity contribution in [3.63, 3.8) is 0 Å². The van der Waals surface area contributed by atoms with Crippen molar-refractivity contribution < 1.29 is 9.15 Å². The molecular weight excluding hydrogens is 468 g/mol. The van der Waals surface area contributed by atoms with Gasteiger partial charge in [-0.1, -0.05) is 18.2 Å². The maximum atomic E-state index is 6.33. The predicted molar refractivity (Wildman–Crippen MR) is 145 cm³/mol. The predicted octanol–water partition coefficient (Wildman–Crippen LogP) is 4.56. The number of likely N-dealkylation sites (tertiary alicyclic amines) is 1. The molecule has 1 unspecified atom stereocenters. The lowest BCUT2D eigenvalue weighted by Gasteiger charge is -2.15. The molecule has 5 aromatic rings. The van der Waals surface area contributed by atoms with Crippen molar-refractivity contribution in [3.8, 4) is 22.7 Å². The first kappa shape index (κ1) is 24.8. The van der Waals surface area contributed by atoms with Gasteiger partial charge in [0, 0.05) is 37.9 Å². The molecular formula is C27H32N8O2. The molecule has 1 aliphatic heterocycles. The third-order valence-corrected chi connectivity index (χ3v) is 6.95. The molecule has 2 aromatic carbocycles. The van der Waals surface area contributed by atoms with Crippen molar-refractivity contribution in [1.82, 2.24) is 35.8 Å². The fraction of sp³-hybridized carbons (Fsp3) is 0.333. The van der Waals surface area contributed by atoms with E-state index in [4.69, 9.17) is 25.0 Å². The number of oxazole rings is 1. The average molecular weight is 501 g/mol. The van der Waals surface area contributed by atoms with Crippen LogP contribution in [0.15, 0.2) is 47.1 Å². The highest BCUT2D eigenvalue weighted by Gasteiger charge is 2.28. The number of aryl methyl sites for hydroxylation is 2. The van der Waals surface area contributed by atoms with Gasteiger partial charge >= 0.3 is 0 Å². The Bertz CT molecular complexity index is 1560. The van der Waals surface area contributed by atoms with Gasteiger partial charge in [-0.25, -0.2) is 19.6 Å². The lowest BCUT2D eigenvalue weighted by Crippen LogP contribution is -2.25. The van der Waals surface area contributed by atoms with E-state index in [-0.39, 0.29) is 12.2 Å². The SMILES string of the molecule is COCCN1CCC(n2nc(-c3ccc(-c4nc5cc(C)cc(C)c5o4)cc3)c3c(N)ncnc32)C1.N. The molecule has 6 rings (SSSR count). The maximum absolute atomic E-state index is 6.33. The van der Waals surface area contributed by atoms with Crippen molar-refractivity contribution in [2.75, 3.05) is 39.1 Å². The largest absolute Gasteiger partial charge is 0.436 e. The van der Waals surface area contributed by atoms with E-state index in [0.717, 1.165) is 77.2 Å². The molecule has 4 heterocycles. The molecule has 0 saturated carbocycles. The smallest absolute Gasteiger partial charge is 0.227 e. The van der Waals surface area contributed by atoms with Gasteiger partial charge in [0.15, 0.2) is 11.2 Å². The Balaban J connectivity index is 0.00000280. The van der Waals surface area contributed by atoms with Crippen LogP contribution < -0.4 is 11.9 Å². The number of ether oxygens (including phenoxy) is 1. The number of nitrogens with zero attached hydrogens (tertiary/aromatic N) is 6. The monoisotopic (exact) mass is 500 g/mol. The first-order valence-electron chi connectivity index (χ1n) is 12.2. The molecule has 0 bridgehead atoms. The summed E-state index contributed by atoms with van der Waals surface area (Å²) >= 11 is 0. The number of benzene rings is 2. The highest BCUT2D eigenvalue weighted by Crippen LogP contribution is 2.35. The molecule has 1 atom stereocenters. The number of nitrogen functional groups attached to an aromatic ring is 1. The molecule has 5 N–H and O–H groups in total. The van der Waals surface area contributed by atoms with Gasteiger partial charge in [0.05, 0.1) is 18.0 Å². The van der Waals surface area contributed by atoms with Crippen LogP contribution in [0.4, 0.5) is 5.82 Å². The molecule has 3 aromatic heterocycles. The van der Waals surface area contributed by atoms with Gasteiger partial charge in [0.1, 0.15) is 23.4 Å². The van der Waals surface area contributed by atoms with E-state index in [0.29, 0.717) is 11.7 Å². The Labute approximate surface area is 215 Å². The summed E-state index contributed by atoms with van der Waals surface area (Å²) in [6, 6.07) is 12.4. The molecule has 37 heavy (non-hydrogen) atoms. The van der Waals surface area contributed by atoms with E-state index < -0.39 is 0 Å². The van der Waals surface area contributed by atoms with E-state index in [1.807, 2.05) is 41.9 Å². The molecule has 10 nitrogen and oxygen atoms in total. The molecule has 0 spiro atoms. The third-order valence-electron chi connectivity index (χ3n) is 6.95. The lowest BCUT2D eigenvalue weighted by atomic mass is 10.1. The summed E-state index contributed by atoms with van der Waals surface area (Å²) in [5.74, 6) is 1.04. The summed E-state index contributed by atoms with van der Waals surface area (Å²) in [5, 5.41) is 5.80. The first-order chi connectivity index (χ1) is 17.5. The molecule has 1 aliphatic rings. The quantitative estimate of drug-likeness (QED) is 0.343. The van der Waals surface area contributed by atoms with Crippen LogP contribution in [0.3, 0.4) is 0 Å². The molecule has 10 heteroatoms. The molecule has 0 radical (unpaired) electrons. The highest BCUT2D eigenvalue weighted by atomic mass is 16.5. The minimum absolute atomic E-state index is 0. The van der Waals surface area contributed by atoms with Crippen molar-refractivity contribution in [3.05, 3.63) is 53.9 Å². The van der Waals surface area contributed by atoms with E-state index in [1.165, 1.54) is 11.9 Å². The number of rotatable bonds is 6. The van der Waals surface area contributed by atoms with Crippen LogP contribution in [0.2, 0.25) is 0 Å². The van der Waals surface area contributed by atoms with Gasteiger partial charge in [0.2, 0.25) is 5.89 Å². The Morgan fingerprint density at radius 2 is 1.89 bits per heavy atom. The second-order valence-electron chi connectivity index (χ2n) is 9.51. The number of aromatic nitrogens is 5. The number of hydrogen-bond acceptors (Lipinski definition) is 9. The summed E-state index contributed by atoms with van der Waals surface area (Å²) < 4.78 is 13.4. The van der Waals surface area contributed by atoms with Gasteiger partial charge in [-0.05, 0) is 49.6 Å². The lowest BCUT2D eigenvalue weighted by molar-refractivity contribution is 0.159. The normalized spacial score (nSPS) is 16.0. The molecule has 1 fully saturated rings. The maximum Gasteiger partial charge on any atom is 0.227 e. The van der Waals surface area contributed by atoms with Crippen molar-refractivity contribution in [2.45, 2.75) is 26.3 Å². The van der Waals surface area contributed by atoms with Crippen LogP contribution in [-0.4, -0.2) is 63.0 Å². The summed E-state index contributed by atoms with van der Waals surface area (Å²) in [6.07, 6.45) is 2.51. The van der Waals surface area contributed by atoms with Crippen molar-refractivity contribution in [1.29, 1.82) is 0 Å². The van der Waals surface area contributed by atoms with E-state index in [9.17, 15) is 0 Å². The summed E-state index contributed by atoms with van der Waals surface area (Å²) in [5.41, 5.74) is 13.7. The van der Waals surface area contributed by atoms with Gasteiger partial charge < -0.3 is 21.0 Å². The zero-order valence-corrected chi connectivity index (χ0v) is 21.4. The second kappa shape index (κ2) is 9.89. The van der Waals surface area contributed by atoms with Crippen molar-refractivity contribution >= 4 is 28.0 Å². The van der Waals surface area contributed by atoms with E-state index in [2.05, 4.69) is 27.9 Å². The molecule has 0 aliphatic carbocycles. The standard InChI is InChI=1S/C27H29N7O2.H3N/c1-16-12-17(2)24-21(13-16)31-27(36-24)19-6-4-18(5-7-19)23-22-25(28)29-15-30-26(22)34(32-23)20-8-9-33(14-20)10-11-35-3;/h4-7,12-13,15,20H,8-11,14H2,1-3H3,(H2,28,29,30);1H3. The van der Waals surface area contributed by atoms with Crippen molar-refractivity contribution in [2.24, 2.45) is 0 Å². The average Bonchev–Trinajstić information content (AvgIpc) is 3.60. The summed E-state index contributed by atoms with van der Waals surface area (Å²) in [7, 11) is 1.73. The number of nitrogens with two attached hydrogens (primary N) is 1. The summed E-state index contributed by atoms with van der Waals surface area (Å²) in [4.78, 5) is 15.9. The number of anilines is 1. The zero-order valence-electron chi connectivity index (χ0n) is 21.4. The van der Waals surface area contributed by atoms with Crippen LogP contribution in [0.1, 0.15) is 23.6 Å². The van der Waals surface area contributed by atoms with Crippen LogP contribution in [0, 0.1) is 13.8 Å². The fourth-order valence-corrected chi connectivity index (χ4v) is 5.16. The van der Waals surface area contributed by atoms with Crippen LogP contribution in [0.25, 0.3) is 44.8 Å². The molecule has 0 amide bonds. The van der Waals surface area contributed by atoms with Gasteiger partial charge in [-0.15, -0.1) is 0 Å². The summed E-state index contributed by atoms with van der Waals surface area (Å²) in [6.45, 7) is 7.65. The minimum atomic E-state index is 0. The highest BCUT2D eigenvalue weighted by molar-refractivity contribution is 5.98. The minimum Gasteiger partial charge on any atom is -0.436 e. The number of fused-ring (bicyclic) bond motifs is 2. The Kier molecular flexibility index (Phi) is 6.63. The third kappa shape index (κ3) is 4.43. The molecule has 192 valence electrons. The van der Waals surface area contributed by atoms with Gasteiger partial charge in [-0.2, -0.15) is 5.10 Å². The first-order valence-corrected chi connectivity index (χ1v) is 12.2. The second-order valence-corrected chi connectivity index (χ2v) is 9.51. The van der Waals surface area contributed by atoms with E-state index >= 15 is 0 Å². The van der Waals surface area contributed by atoms with Crippen LogP contribution >= 0.6 is 0 Å². The van der Waals surface area contributed by atoms with Crippen LogP contribution in [-0.2, 0) is 4.74 Å². The topological polar surface area (TPSA) is 143 Å².